The van der Waals surface area contributed by atoms with Crippen LogP contribution in [0.25, 0.3) is 10.3 Å². The summed E-state index contributed by atoms with van der Waals surface area (Å²) in [6, 6.07) is 1.95. The summed E-state index contributed by atoms with van der Waals surface area (Å²) in [5.74, 6) is 0. The van der Waals surface area contributed by atoms with Gasteiger partial charge in [0.2, 0.25) is 0 Å². The normalized spacial score (nSPS) is 11.3. The maximum absolute atomic E-state index is 4.72. The predicted octanol–water partition coefficient (Wildman–Crippen LogP) is 2.06. The van der Waals surface area contributed by atoms with Crippen LogP contribution in [0.4, 0.5) is 5.13 Å². The molecule has 0 radical (unpaired) electrons. The van der Waals surface area contributed by atoms with E-state index in [0.29, 0.717) is 0 Å². The Balaban J connectivity index is 1.81. The molecule has 0 N–H and O–H groups in total. The van der Waals surface area contributed by atoms with Crippen LogP contribution in [0.15, 0.2) is 18.5 Å². The van der Waals surface area contributed by atoms with Gasteiger partial charge in [0.05, 0.1) is 16.9 Å². The summed E-state index contributed by atoms with van der Waals surface area (Å²) in [6.07, 6.45) is 3.79. The van der Waals surface area contributed by atoms with Gasteiger partial charge in [-0.05, 0) is 19.9 Å². The van der Waals surface area contributed by atoms with E-state index in [1.54, 1.807) is 11.3 Å². The summed E-state index contributed by atoms with van der Waals surface area (Å²) < 4.78 is 4.98. The zero-order chi connectivity index (χ0) is 14.1. The molecule has 0 fully saturated rings. The first kappa shape index (κ1) is 13.1. The Bertz CT molecular complexity index is 661. The minimum atomic E-state index is 0.869. The van der Waals surface area contributed by atoms with E-state index in [2.05, 4.69) is 22.0 Å². The van der Waals surface area contributed by atoms with Crippen LogP contribution in [0.1, 0.15) is 12.6 Å². The van der Waals surface area contributed by atoms with Crippen molar-refractivity contribution in [2.45, 2.75) is 20.4 Å². The maximum atomic E-state index is 4.72. The summed E-state index contributed by atoms with van der Waals surface area (Å²) in [7, 11) is 1.94. The van der Waals surface area contributed by atoms with Crippen molar-refractivity contribution in [1.82, 2.24) is 24.5 Å². The molecule has 6 nitrogen and oxygen atoms in total. The van der Waals surface area contributed by atoms with E-state index in [1.807, 2.05) is 41.8 Å². The molecular formula is C13H18N6S. The van der Waals surface area contributed by atoms with Gasteiger partial charge in [-0.1, -0.05) is 11.3 Å². The molecular weight excluding hydrogens is 272 g/mol. The lowest BCUT2D eigenvalue weighted by Gasteiger charge is -2.19. The van der Waals surface area contributed by atoms with E-state index in [-0.39, 0.29) is 0 Å². The van der Waals surface area contributed by atoms with E-state index in [0.717, 1.165) is 36.1 Å². The van der Waals surface area contributed by atoms with Gasteiger partial charge in [-0.2, -0.15) is 10.2 Å². The molecule has 3 heterocycles. The molecule has 0 spiro atoms. The summed E-state index contributed by atoms with van der Waals surface area (Å²) >= 11 is 1.72. The molecule has 106 valence electrons. The van der Waals surface area contributed by atoms with Crippen molar-refractivity contribution < 1.29 is 0 Å². The van der Waals surface area contributed by atoms with Gasteiger partial charge in [0.15, 0.2) is 10.8 Å². The van der Waals surface area contributed by atoms with Gasteiger partial charge in [-0.15, -0.1) is 0 Å². The maximum Gasteiger partial charge on any atom is 0.188 e. The molecule has 0 aromatic carbocycles. The summed E-state index contributed by atoms with van der Waals surface area (Å²) in [5, 5.41) is 9.69. The minimum Gasteiger partial charge on any atom is -0.346 e. The van der Waals surface area contributed by atoms with Gasteiger partial charge in [0, 0.05) is 32.5 Å². The van der Waals surface area contributed by atoms with Crippen molar-refractivity contribution in [3.63, 3.8) is 0 Å². The molecule has 0 bridgehead atoms. The van der Waals surface area contributed by atoms with Crippen LogP contribution in [-0.2, 0) is 13.6 Å². The summed E-state index contributed by atoms with van der Waals surface area (Å²) in [4.78, 5) is 7.00. The predicted molar refractivity (Wildman–Crippen MR) is 81.2 cm³/mol. The van der Waals surface area contributed by atoms with E-state index in [9.17, 15) is 0 Å². The average Bonchev–Trinajstić information content (AvgIpc) is 3.11. The van der Waals surface area contributed by atoms with Gasteiger partial charge in [-0.3, -0.25) is 4.68 Å². The highest BCUT2D eigenvalue weighted by Crippen LogP contribution is 2.30. The molecule has 0 saturated heterocycles. The zero-order valence-electron chi connectivity index (χ0n) is 11.9. The van der Waals surface area contributed by atoms with Crippen molar-refractivity contribution in [3.8, 4) is 0 Å². The monoisotopic (exact) mass is 290 g/mol. The largest absolute Gasteiger partial charge is 0.346 e. The first-order chi connectivity index (χ1) is 9.69. The van der Waals surface area contributed by atoms with Crippen LogP contribution in [0.5, 0.6) is 0 Å². The highest BCUT2D eigenvalue weighted by atomic mass is 32.1. The number of likely N-dealkylation sites (N-methyl/N-ethyl adjacent to an activating group) is 1. The number of hydrogen-bond donors (Lipinski definition) is 0. The van der Waals surface area contributed by atoms with Gasteiger partial charge in [0.1, 0.15) is 0 Å². The highest BCUT2D eigenvalue weighted by Gasteiger charge is 2.15. The summed E-state index contributed by atoms with van der Waals surface area (Å²) in [6.45, 7) is 6.90. The first-order valence-corrected chi connectivity index (χ1v) is 7.53. The average molecular weight is 290 g/mol. The fraction of sp³-hybridized carbons (Fsp3) is 0.462. The number of rotatable bonds is 5. The molecule has 0 amide bonds. The van der Waals surface area contributed by atoms with Crippen LogP contribution in [0.3, 0.4) is 0 Å². The third-order valence-corrected chi connectivity index (χ3v) is 4.56. The summed E-state index contributed by atoms with van der Waals surface area (Å²) in [5.41, 5.74) is 2.02. The molecule has 0 aliphatic rings. The molecule has 3 rings (SSSR count). The van der Waals surface area contributed by atoms with E-state index >= 15 is 0 Å². The molecule has 0 aliphatic carbocycles. The lowest BCUT2D eigenvalue weighted by Crippen LogP contribution is -2.27. The second-order valence-electron chi connectivity index (χ2n) is 4.71. The van der Waals surface area contributed by atoms with Crippen LogP contribution < -0.4 is 4.90 Å². The van der Waals surface area contributed by atoms with Crippen LogP contribution in [-0.4, -0.2) is 37.6 Å². The lowest BCUT2D eigenvalue weighted by molar-refractivity contribution is 0.600. The Morgan fingerprint density at radius 1 is 1.40 bits per heavy atom. The van der Waals surface area contributed by atoms with Crippen molar-refractivity contribution in [2.75, 3.05) is 18.0 Å². The molecule has 7 heteroatoms. The standard InChI is InChI=1S/C13H18N6S/c1-4-18(8-9-19-7-5-6-14-19)13-15-12-11(20-13)10(2)16-17(12)3/h5-7H,4,8-9H2,1-3H3. The van der Waals surface area contributed by atoms with Crippen LogP contribution in [0.2, 0.25) is 0 Å². The van der Waals surface area contributed by atoms with Crippen LogP contribution in [0, 0.1) is 6.92 Å². The number of anilines is 1. The molecule has 20 heavy (non-hydrogen) atoms. The number of aryl methyl sites for hydroxylation is 2. The van der Waals surface area contributed by atoms with E-state index < -0.39 is 0 Å². The molecule has 0 unspecified atom stereocenters. The first-order valence-electron chi connectivity index (χ1n) is 6.71. The molecule has 0 aliphatic heterocycles. The fourth-order valence-electron chi connectivity index (χ4n) is 2.25. The van der Waals surface area contributed by atoms with Gasteiger partial charge in [-0.25, -0.2) is 9.67 Å². The smallest absolute Gasteiger partial charge is 0.188 e. The lowest BCUT2D eigenvalue weighted by atomic mass is 10.5. The number of fused-ring (bicyclic) bond motifs is 1. The zero-order valence-corrected chi connectivity index (χ0v) is 12.8. The number of hydrogen-bond acceptors (Lipinski definition) is 5. The Morgan fingerprint density at radius 3 is 2.90 bits per heavy atom. The Labute approximate surface area is 121 Å². The van der Waals surface area contributed by atoms with Crippen molar-refractivity contribution in [2.24, 2.45) is 7.05 Å². The van der Waals surface area contributed by atoms with Gasteiger partial charge >= 0.3 is 0 Å². The second kappa shape index (κ2) is 5.24. The van der Waals surface area contributed by atoms with Crippen LogP contribution >= 0.6 is 11.3 Å². The van der Waals surface area contributed by atoms with Crippen molar-refractivity contribution in [3.05, 3.63) is 24.2 Å². The Morgan fingerprint density at radius 2 is 2.25 bits per heavy atom. The topological polar surface area (TPSA) is 51.8 Å². The Hall–Kier alpha value is -1.89. The van der Waals surface area contributed by atoms with Crippen molar-refractivity contribution >= 4 is 26.8 Å². The quantitative estimate of drug-likeness (QED) is 0.722. The molecule has 3 aromatic rings. The molecule has 0 atom stereocenters. The fourth-order valence-corrected chi connectivity index (χ4v) is 3.38. The number of thiazole rings is 1. The minimum absolute atomic E-state index is 0.869. The second-order valence-corrected chi connectivity index (χ2v) is 5.68. The number of aromatic nitrogens is 5. The third-order valence-electron chi connectivity index (χ3n) is 3.34. The molecule has 0 saturated carbocycles. The Kier molecular flexibility index (Phi) is 3.43. The van der Waals surface area contributed by atoms with Crippen molar-refractivity contribution in [1.29, 1.82) is 0 Å². The third kappa shape index (κ3) is 2.29. The molecule has 3 aromatic heterocycles. The van der Waals surface area contributed by atoms with E-state index in [1.165, 1.54) is 4.70 Å². The number of nitrogens with zero attached hydrogens (tertiary/aromatic N) is 6. The van der Waals surface area contributed by atoms with E-state index in [4.69, 9.17) is 4.98 Å². The SMILES string of the molecule is CCN(CCn1cccn1)c1nc2c(s1)c(C)nn2C. The van der Waals surface area contributed by atoms with Gasteiger partial charge < -0.3 is 4.90 Å². The highest BCUT2D eigenvalue weighted by molar-refractivity contribution is 7.22. The van der Waals surface area contributed by atoms with Gasteiger partial charge in [0.25, 0.3) is 0 Å².